The number of amides is 2. The van der Waals surface area contributed by atoms with Gasteiger partial charge >= 0.3 is 6.09 Å². The van der Waals surface area contributed by atoms with Gasteiger partial charge in [0.25, 0.3) is 0 Å². The number of alkyl carbamates (subject to hydrolysis) is 1. The maximum atomic E-state index is 14.0. The normalized spacial score (nSPS) is 28.5. The Balaban J connectivity index is 1.25. The lowest BCUT2D eigenvalue weighted by atomic mass is 9.68. The third kappa shape index (κ3) is 3.66. The number of cyclic esters (lactones) is 1. The fraction of sp³-hybridized carbons (Fsp3) is 0.619. The van der Waals surface area contributed by atoms with Crippen molar-refractivity contribution in [2.45, 2.75) is 51.2 Å². The van der Waals surface area contributed by atoms with E-state index < -0.39 is 0 Å². The van der Waals surface area contributed by atoms with Gasteiger partial charge in [-0.3, -0.25) is 4.79 Å². The Hall–Kier alpha value is -2.31. The van der Waals surface area contributed by atoms with Crippen molar-refractivity contribution in [2.24, 2.45) is 11.8 Å². The fourth-order valence-corrected chi connectivity index (χ4v) is 4.62. The van der Waals surface area contributed by atoms with Crippen LogP contribution in [0.2, 0.25) is 0 Å². The number of nitrogens with zero attached hydrogens (tertiary/aromatic N) is 1. The SMILES string of the molecule is Cc1ccc(OC(C)C2CCN(C(=O)[C@H]3C[C@]4(COC(=O)N4)C3)CC2)c(F)c1. The quantitative estimate of drug-likeness (QED) is 0.858. The van der Waals surface area contributed by atoms with Crippen LogP contribution in [-0.2, 0) is 9.53 Å². The van der Waals surface area contributed by atoms with Crippen LogP contribution in [0.5, 0.6) is 5.75 Å². The largest absolute Gasteiger partial charge is 0.487 e. The molecule has 1 aliphatic carbocycles. The smallest absolute Gasteiger partial charge is 0.407 e. The molecule has 1 saturated carbocycles. The molecule has 2 aliphatic heterocycles. The molecule has 7 heteroatoms. The number of hydrogen-bond donors (Lipinski definition) is 1. The number of carbonyl (C=O) groups is 2. The molecule has 2 saturated heterocycles. The highest BCUT2D eigenvalue weighted by Gasteiger charge is 2.53. The Labute approximate surface area is 164 Å². The molecule has 0 aromatic heterocycles. The number of nitrogens with one attached hydrogen (secondary N) is 1. The molecule has 1 aromatic carbocycles. The molecule has 1 unspecified atom stereocenters. The predicted molar refractivity (Wildman–Crippen MR) is 100 cm³/mol. The van der Waals surface area contributed by atoms with E-state index in [9.17, 15) is 14.0 Å². The van der Waals surface area contributed by atoms with Crippen LogP contribution in [-0.4, -0.2) is 48.2 Å². The van der Waals surface area contributed by atoms with E-state index in [2.05, 4.69) is 5.32 Å². The lowest BCUT2D eigenvalue weighted by Crippen LogP contribution is -2.58. The van der Waals surface area contributed by atoms with E-state index in [0.29, 0.717) is 38.5 Å². The third-order valence-corrected chi connectivity index (χ3v) is 6.39. The molecular weight excluding hydrogens is 363 g/mol. The molecule has 1 atom stereocenters. The molecule has 1 spiro atoms. The van der Waals surface area contributed by atoms with Gasteiger partial charge in [0.15, 0.2) is 11.6 Å². The molecule has 2 heterocycles. The van der Waals surface area contributed by atoms with E-state index >= 15 is 0 Å². The Morgan fingerprint density at radius 1 is 1.36 bits per heavy atom. The van der Waals surface area contributed by atoms with Crippen molar-refractivity contribution in [2.75, 3.05) is 19.7 Å². The number of halogens is 1. The first-order valence-corrected chi connectivity index (χ1v) is 10.0. The first-order valence-electron chi connectivity index (χ1n) is 10.0. The van der Waals surface area contributed by atoms with Crippen LogP contribution in [0.1, 0.15) is 38.2 Å². The summed E-state index contributed by atoms with van der Waals surface area (Å²) in [6.45, 7) is 5.57. The average Bonchev–Trinajstić information content (AvgIpc) is 3.04. The number of hydrogen-bond acceptors (Lipinski definition) is 4. The zero-order chi connectivity index (χ0) is 19.9. The maximum Gasteiger partial charge on any atom is 0.407 e. The first kappa shape index (κ1) is 19.0. The summed E-state index contributed by atoms with van der Waals surface area (Å²) in [7, 11) is 0. The highest BCUT2D eigenvalue weighted by Crippen LogP contribution is 2.42. The van der Waals surface area contributed by atoms with Crippen LogP contribution in [0.15, 0.2) is 18.2 Å². The number of rotatable bonds is 4. The molecule has 3 fully saturated rings. The van der Waals surface area contributed by atoms with Crippen LogP contribution in [0.25, 0.3) is 0 Å². The van der Waals surface area contributed by atoms with Crippen LogP contribution >= 0.6 is 0 Å². The van der Waals surface area contributed by atoms with Crippen molar-refractivity contribution in [1.82, 2.24) is 10.2 Å². The topological polar surface area (TPSA) is 67.9 Å². The minimum Gasteiger partial charge on any atom is -0.487 e. The second-order valence-electron chi connectivity index (χ2n) is 8.51. The summed E-state index contributed by atoms with van der Waals surface area (Å²) >= 11 is 0. The summed E-state index contributed by atoms with van der Waals surface area (Å²) in [6, 6.07) is 5.00. The van der Waals surface area contributed by atoms with Crippen LogP contribution < -0.4 is 10.1 Å². The standard InChI is InChI=1S/C21H27FN2O4/c1-13-3-4-18(17(22)9-13)28-14(2)15-5-7-24(8-6-15)19(25)16-10-21(11-16)12-27-20(26)23-21/h3-4,9,14-16H,5-8,10-12H2,1-2H3,(H,23,26)/t14?,16-,21+. The van der Waals surface area contributed by atoms with Crippen molar-refractivity contribution in [3.63, 3.8) is 0 Å². The monoisotopic (exact) mass is 390 g/mol. The lowest BCUT2D eigenvalue weighted by Gasteiger charge is -2.45. The second kappa shape index (κ2) is 7.26. The molecule has 152 valence electrons. The van der Waals surface area contributed by atoms with Crippen molar-refractivity contribution >= 4 is 12.0 Å². The lowest BCUT2D eigenvalue weighted by molar-refractivity contribution is -0.143. The molecular formula is C21H27FN2O4. The zero-order valence-electron chi connectivity index (χ0n) is 16.4. The number of aryl methyl sites for hydroxylation is 1. The molecule has 3 aliphatic rings. The minimum atomic E-state index is -0.384. The van der Waals surface area contributed by atoms with E-state index in [1.807, 2.05) is 24.8 Å². The van der Waals surface area contributed by atoms with E-state index in [4.69, 9.17) is 9.47 Å². The van der Waals surface area contributed by atoms with E-state index in [1.165, 1.54) is 6.07 Å². The van der Waals surface area contributed by atoms with Crippen LogP contribution in [0.4, 0.5) is 9.18 Å². The van der Waals surface area contributed by atoms with Gasteiger partial charge < -0.3 is 19.7 Å². The summed E-state index contributed by atoms with van der Waals surface area (Å²) in [5.41, 5.74) is 0.543. The van der Waals surface area contributed by atoms with Gasteiger partial charge in [-0.2, -0.15) is 0 Å². The number of benzene rings is 1. The van der Waals surface area contributed by atoms with Crippen molar-refractivity contribution in [3.8, 4) is 5.75 Å². The van der Waals surface area contributed by atoms with Gasteiger partial charge in [0, 0.05) is 19.0 Å². The summed E-state index contributed by atoms with van der Waals surface area (Å²) in [5, 5.41) is 2.83. The molecule has 1 aromatic rings. The van der Waals surface area contributed by atoms with E-state index in [-0.39, 0.29) is 41.1 Å². The van der Waals surface area contributed by atoms with Crippen LogP contribution in [0, 0.1) is 24.6 Å². The highest BCUT2D eigenvalue weighted by molar-refractivity contribution is 5.81. The molecule has 4 rings (SSSR count). The molecule has 0 radical (unpaired) electrons. The predicted octanol–water partition coefficient (Wildman–Crippen LogP) is 3.03. The summed E-state index contributed by atoms with van der Waals surface area (Å²) in [6.07, 6.45) is 2.52. The van der Waals surface area contributed by atoms with Gasteiger partial charge in [0.05, 0.1) is 11.6 Å². The molecule has 2 amide bonds. The van der Waals surface area contributed by atoms with Crippen LogP contribution in [0.3, 0.4) is 0 Å². The van der Waals surface area contributed by atoms with Crippen molar-refractivity contribution in [1.29, 1.82) is 0 Å². The van der Waals surface area contributed by atoms with Gasteiger partial charge in [-0.1, -0.05) is 6.07 Å². The number of carbonyl (C=O) groups excluding carboxylic acids is 2. The third-order valence-electron chi connectivity index (χ3n) is 6.39. The van der Waals surface area contributed by atoms with E-state index in [0.717, 1.165) is 18.4 Å². The molecule has 28 heavy (non-hydrogen) atoms. The van der Waals surface area contributed by atoms with Crippen molar-refractivity contribution < 1.29 is 23.5 Å². The minimum absolute atomic E-state index is 0.0334. The summed E-state index contributed by atoms with van der Waals surface area (Å²) in [4.78, 5) is 25.9. The Bertz CT molecular complexity index is 770. The van der Waals surface area contributed by atoms with Gasteiger partial charge in [-0.25, -0.2) is 9.18 Å². The Morgan fingerprint density at radius 3 is 2.68 bits per heavy atom. The van der Waals surface area contributed by atoms with Gasteiger partial charge in [0.1, 0.15) is 6.61 Å². The van der Waals surface area contributed by atoms with Gasteiger partial charge in [0.2, 0.25) is 5.91 Å². The molecule has 6 nitrogen and oxygen atoms in total. The Kier molecular flexibility index (Phi) is 4.93. The maximum absolute atomic E-state index is 14.0. The Morgan fingerprint density at radius 2 is 2.07 bits per heavy atom. The zero-order valence-corrected chi connectivity index (χ0v) is 16.4. The van der Waals surface area contributed by atoms with E-state index in [1.54, 1.807) is 6.07 Å². The second-order valence-corrected chi connectivity index (χ2v) is 8.51. The van der Waals surface area contributed by atoms with Gasteiger partial charge in [-0.05, 0) is 63.1 Å². The number of ether oxygens (including phenoxy) is 2. The molecule has 1 N–H and O–H groups in total. The summed E-state index contributed by atoms with van der Waals surface area (Å²) in [5.74, 6) is 0.385. The fourth-order valence-electron chi connectivity index (χ4n) is 4.62. The molecule has 0 bridgehead atoms. The average molecular weight is 390 g/mol. The number of piperidine rings is 1. The van der Waals surface area contributed by atoms with Gasteiger partial charge in [-0.15, -0.1) is 0 Å². The first-order chi connectivity index (χ1) is 13.3. The highest BCUT2D eigenvalue weighted by atomic mass is 19.1. The number of likely N-dealkylation sites (tertiary alicyclic amines) is 1. The summed E-state index contributed by atoms with van der Waals surface area (Å²) < 4.78 is 24.8. The van der Waals surface area contributed by atoms with Crippen molar-refractivity contribution in [3.05, 3.63) is 29.6 Å².